The molecule has 0 saturated carbocycles. The second-order valence-electron chi connectivity index (χ2n) is 5.43. The standard InChI is InChI=1S/C13H20N2O6/c1-20-10(16)9-3-2-5-15(7-9)12(19)14-13(11(17)18)4-6-21-8-13/h9H,2-8H2,1H3,(H,14,19)(H,17,18). The number of carbonyl (C=O) groups excluding carboxylic acids is 2. The summed E-state index contributed by atoms with van der Waals surface area (Å²) in [4.78, 5) is 36.7. The molecule has 2 fully saturated rings. The van der Waals surface area contributed by atoms with E-state index in [4.69, 9.17) is 9.47 Å². The number of hydrogen-bond donors (Lipinski definition) is 2. The molecule has 2 rings (SSSR count). The van der Waals surface area contributed by atoms with Crippen LogP contribution < -0.4 is 5.32 Å². The minimum atomic E-state index is -1.37. The second-order valence-corrected chi connectivity index (χ2v) is 5.43. The summed E-state index contributed by atoms with van der Waals surface area (Å²) in [6.07, 6.45) is 1.59. The van der Waals surface area contributed by atoms with Gasteiger partial charge < -0.3 is 24.8 Å². The molecule has 2 atom stereocenters. The third-order valence-corrected chi connectivity index (χ3v) is 4.02. The third kappa shape index (κ3) is 3.26. The predicted octanol–water partition coefficient (Wildman–Crippen LogP) is -0.175. The van der Waals surface area contributed by atoms with Gasteiger partial charge in [0.1, 0.15) is 0 Å². The highest BCUT2D eigenvalue weighted by molar-refractivity contribution is 5.87. The normalized spacial score (nSPS) is 29.0. The van der Waals surface area contributed by atoms with Crippen molar-refractivity contribution in [3.63, 3.8) is 0 Å². The molecule has 118 valence electrons. The molecule has 2 heterocycles. The molecule has 0 aromatic carbocycles. The zero-order valence-electron chi connectivity index (χ0n) is 12.0. The molecule has 8 heteroatoms. The number of likely N-dealkylation sites (tertiary alicyclic amines) is 1. The highest BCUT2D eigenvalue weighted by atomic mass is 16.5. The van der Waals surface area contributed by atoms with Crippen LogP contribution >= 0.6 is 0 Å². The molecule has 21 heavy (non-hydrogen) atoms. The van der Waals surface area contributed by atoms with Crippen LogP contribution in [-0.2, 0) is 19.1 Å². The quantitative estimate of drug-likeness (QED) is 0.701. The van der Waals surface area contributed by atoms with Crippen LogP contribution in [0.25, 0.3) is 0 Å². The summed E-state index contributed by atoms with van der Waals surface area (Å²) < 4.78 is 9.80. The van der Waals surface area contributed by atoms with E-state index in [9.17, 15) is 19.5 Å². The van der Waals surface area contributed by atoms with E-state index in [0.29, 0.717) is 26.0 Å². The smallest absolute Gasteiger partial charge is 0.332 e. The molecule has 8 nitrogen and oxygen atoms in total. The Labute approximate surface area is 122 Å². The van der Waals surface area contributed by atoms with Crippen molar-refractivity contribution in [3.05, 3.63) is 0 Å². The van der Waals surface area contributed by atoms with Crippen LogP contribution in [-0.4, -0.2) is 66.9 Å². The topological polar surface area (TPSA) is 105 Å². The van der Waals surface area contributed by atoms with Gasteiger partial charge in [-0.15, -0.1) is 0 Å². The van der Waals surface area contributed by atoms with Crippen LogP contribution in [0.1, 0.15) is 19.3 Å². The Bertz CT molecular complexity index is 432. The van der Waals surface area contributed by atoms with Crippen LogP contribution in [0.5, 0.6) is 0 Å². The number of ether oxygens (including phenoxy) is 2. The first-order valence-electron chi connectivity index (χ1n) is 6.94. The maximum Gasteiger partial charge on any atom is 0.332 e. The zero-order chi connectivity index (χ0) is 15.5. The minimum absolute atomic E-state index is 0.0393. The van der Waals surface area contributed by atoms with E-state index >= 15 is 0 Å². The SMILES string of the molecule is COC(=O)C1CCCN(C(=O)NC2(C(=O)O)CCOC2)C1. The zero-order valence-corrected chi connectivity index (χ0v) is 12.0. The van der Waals surface area contributed by atoms with Gasteiger partial charge in [-0.2, -0.15) is 0 Å². The summed E-state index contributed by atoms with van der Waals surface area (Å²) in [6.45, 7) is 1.00. The summed E-state index contributed by atoms with van der Waals surface area (Å²) in [7, 11) is 1.32. The first kappa shape index (κ1) is 15.6. The molecule has 2 saturated heterocycles. The monoisotopic (exact) mass is 300 g/mol. The van der Waals surface area contributed by atoms with Crippen molar-refractivity contribution in [2.75, 3.05) is 33.4 Å². The van der Waals surface area contributed by atoms with Gasteiger partial charge >= 0.3 is 18.0 Å². The molecule has 2 aliphatic heterocycles. The van der Waals surface area contributed by atoms with Crippen molar-refractivity contribution in [1.82, 2.24) is 10.2 Å². The molecule has 2 amide bonds. The maximum absolute atomic E-state index is 12.3. The predicted molar refractivity (Wildman–Crippen MR) is 70.6 cm³/mol. The number of piperidine rings is 1. The number of urea groups is 1. The van der Waals surface area contributed by atoms with Crippen LogP contribution in [0, 0.1) is 5.92 Å². The van der Waals surface area contributed by atoms with Crippen LogP contribution in [0.15, 0.2) is 0 Å². The number of rotatable bonds is 3. The number of carbonyl (C=O) groups is 3. The molecule has 2 aliphatic rings. The average molecular weight is 300 g/mol. The number of carboxylic acids is 1. The number of carboxylic acid groups (broad SMARTS) is 1. The first-order chi connectivity index (χ1) is 9.98. The van der Waals surface area contributed by atoms with Crippen molar-refractivity contribution in [2.45, 2.75) is 24.8 Å². The van der Waals surface area contributed by atoms with Gasteiger partial charge in [0.05, 0.1) is 19.6 Å². The molecule has 0 aromatic rings. The maximum atomic E-state index is 12.3. The van der Waals surface area contributed by atoms with E-state index < -0.39 is 17.5 Å². The second kappa shape index (κ2) is 6.30. The van der Waals surface area contributed by atoms with Crippen molar-refractivity contribution in [2.24, 2.45) is 5.92 Å². The molecule has 2 unspecified atom stereocenters. The number of nitrogens with zero attached hydrogens (tertiary/aromatic N) is 1. The third-order valence-electron chi connectivity index (χ3n) is 4.02. The van der Waals surface area contributed by atoms with Crippen molar-refractivity contribution in [1.29, 1.82) is 0 Å². The summed E-state index contributed by atoms with van der Waals surface area (Å²) in [6, 6.07) is -0.475. The van der Waals surface area contributed by atoms with E-state index in [0.717, 1.165) is 0 Å². The fourth-order valence-electron chi connectivity index (χ4n) is 2.69. The number of amides is 2. The van der Waals surface area contributed by atoms with E-state index in [2.05, 4.69) is 5.32 Å². The lowest BCUT2D eigenvalue weighted by atomic mass is 9.97. The largest absolute Gasteiger partial charge is 0.479 e. The Kier molecular flexibility index (Phi) is 4.66. The van der Waals surface area contributed by atoms with Gasteiger partial charge in [0.25, 0.3) is 0 Å². The summed E-state index contributed by atoms with van der Waals surface area (Å²) in [5.41, 5.74) is -1.37. The molecule has 0 bridgehead atoms. The summed E-state index contributed by atoms with van der Waals surface area (Å²) in [5, 5.41) is 11.9. The number of methoxy groups -OCH3 is 1. The van der Waals surface area contributed by atoms with Crippen molar-refractivity contribution >= 4 is 18.0 Å². The van der Waals surface area contributed by atoms with Crippen LogP contribution in [0.3, 0.4) is 0 Å². The van der Waals surface area contributed by atoms with Crippen LogP contribution in [0.4, 0.5) is 4.79 Å². The molecular weight excluding hydrogens is 280 g/mol. The Hall–Kier alpha value is -1.83. The lowest BCUT2D eigenvalue weighted by molar-refractivity contribution is -0.147. The molecule has 0 radical (unpaired) electrons. The van der Waals surface area contributed by atoms with E-state index in [-0.39, 0.29) is 31.5 Å². The highest BCUT2D eigenvalue weighted by Gasteiger charge is 2.45. The highest BCUT2D eigenvalue weighted by Crippen LogP contribution is 2.22. The van der Waals surface area contributed by atoms with Gasteiger partial charge in [0.2, 0.25) is 0 Å². The van der Waals surface area contributed by atoms with E-state index in [1.807, 2.05) is 0 Å². The van der Waals surface area contributed by atoms with Gasteiger partial charge in [-0.05, 0) is 12.8 Å². The Morgan fingerprint density at radius 2 is 2.19 bits per heavy atom. The van der Waals surface area contributed by atoms with Crippen LogP contribution in [0.2, 0.25) is 0 Å². The number of aliphatic carboxylic acids is 1. The van der Waals surface area contributed by atoms with E-state index in [1.54, 1.807) is 0 Å². The fraction of sp³-hybridized carbons (Fsp3) is 0.769. The lowest BCUT2D eigenvalue weighted by Crippen LogP contribution is -2.59. The summed E-state index contributed by atoms with van der Waals surface area (Å²) >= 11 is 0. The van der Waals surface area contributed by atoms with Gasteiger partial charge in [0, 0.05) is 26.1 Å². The number of nitrogens with one attached hydrogen (secondary N) is 1. The number of hydrogen-bond acceptors (Lipinski definition) is 5. The number of esters is 1. The van der Waals surface area contributed by atoms with Gasteiger partial charge in [-0.1, -0.05) is 0 Å². The average Bonchev–Trinajstić information content (AvgIpc) is 2.96. The molecular formula is C13H20N2O6. The molecule has 0 spiro atoms. The Balaban J connectivity index is 1.99. The Morgan fingerprint density at radius 1 is 1.43 bits per heavy atom. The molecule has 0 aromatic heterocycles. The molecule has 2 N–H and O–H groups in total. The van der Waals surface area contributed by atoms with Gasteiger partial charge in [-0.3, -0.25) is 4.79 Å². The van der Waals surface area contributed by atoms with Crippen molar-refractivity contribution in [3.8, 4) is 0 Å². The van der Waals surface area contributed by atoms with Crippen molar-refractivity contribution < 1.29 is 29.0 Å². The fourth-order valence-corrected chi connectivity index (χ4v) is 2.69. The minimum Gasteiger partial charge on any atom is -0.479 e. The Morgan fingerprint density at radius 3 is 2.76 bits per heavy atom. The van der Waals surface area contributed by atoms with Gasteiger partial charge in [-0.25, -0.2) is 9.59 Å². The molecule has 0 aliphatic carbocycles. The first-order valence-corrected chi connectivity index (χ1v) is 6.94. The van der Waals surface area contributed by atoms with E-state index in [1.165, 1.54) is 12.0 Å². The van der Waals surface area contributed by atoms with Gasteiger partial charge in [0.15, 0.2) is 5.54 Å². The summed E-state index contributed by atoms with van der Waals surface area (Å²) in [5.74, 6) is -1.80. The lowest BCUT2D eigenvalue weighted by Gasteiger charge is -2.34.